The Hall–Kier alpha value is -0.850. The fraction of sp³-hybridized carbons (Fsp3) is 0.625. The number of nitrogens with one attached hydrogen (secondary N) is 1. The lowest BCUT2D eigenvalue weighted by atomic mass is 9.95. The van der Waals surface area contributed by atoms with Crippen molar-refractivity contribution in [1.29, 1.82) is 0 Å². The van der Waals surface area contributed by atoms with E-state index in [4.69, 9.17) is 0 Å². The number of hydrogen-bond acceptors (Lipinski definition) is 4. The van der Waals surface area contributed by atoms with E-state index in [1.54, 1.807) is 24.3 Å². The van der Waals surface area contributed by atoms with Crippen molar-refractivity contribution in [2.24, 2.45) is 0 Å². The first-order valence-corrected chi connectivity index (χ1v) is 8.76. The summed E-state index contributed by atoms with van der Waals surface area (Å²) in [6, 6.07) is 6.79. The molecule has 1 aliphatic rings. The summed E-state index contributed by atoms with van der Waals surface area (Å²) in [5.74, 6) is 2.15. The van der Waals surface area contributed by atoms with Gasteiger partial charge in [-0.05, 0) is 48.5 Å². The molecule has 1 aromatic carbocycles. The third-order valence-corrected chi connectivity index (χ3v) is 5.00. The molecule has 0 aliphatic carbocycles. The highest BCUT2D eigenvalue weighted by molar-refractivity contribution is 7.99. The number of thioether (sulfide) groups is 1. The lowest BCUT2D eigenvalue weighted by Crippen LogP contribution is -2.44. The van der Waals surface area contributed by atoms with Crippen LogP contribution in [0.3, 0.4) is 0 Å². The van der Waals surface area contributed by atoms with E-state index < -0.39 is 12.2 Å². The van der Waals surface area contributed by atoms with Crippen LogP contribution in [-0.2, 0) is 0 Å². The van der Waals surface area contributed by atoms with Crippen LogP contribution >= 0.6 is 11.8 Å². The summed E-state index contributed by atoms with van der Waals surface area (Å²) in [6.07, 6.45) is 2.48. The van der Waals surface area contributed by atoms with Gasteiger partial charge < -0.3 is 15.2 Å². The second-order valence-electron chi connectivity index (χ2n) is 5.63. The number of hydrogen-bond donors (Lipinski definition) is 2. The maximum atomic E-state index is 12.2. The molecule has 2 rings (SSSR count). The Bertz CT molecular complexity index is 450. The highest BCUT2D eigenvalue weighted by Crippen LogP contribution is 2.28. The van der Waals surface area contributed by atoms with Crippen LogP contribution in [0, 0.1) is 0 Å². The molecule has 0 spiro atoms. The minimum absolute atomic E-state index is 0.0965. The summed E-state index contributed by atoms with van der Waals surface area (Å²) in [5.41, 5.74) is 0.384. The number of benzene rings is 1. The van der Waals surface area contributed by atoms with Crippen molar-refractivity contribution in [3.05, 3.63) is 29.8 Å². The van der Waals surface area contributed by atoms with Crippen molar-refractivity contribution in [3.63, 3.8) is 0 Å². The third-order valence-electron chi connectivity index (χ3n) is 4.02. The fourth-order valence-corrected chi connectivity index (χ4v) is 3.87. The molecule has 6 heteroatoms. The molecule has 3 nitrogen and oxygen atoms in total. The molecule has 124 valence electrons. The van der Waals surface area contributed by atoms with E-state index in [0.29, 0.717) is 6.54 Å². The van der Waals surface area contributed by atoms with Crippen molar-refractivity contribution in [3.8, 4) is 5.75 Å². The molecule has 0 amide bonds. The predicted octanol–water partition coefficient (Wildman–Crippen LogP) is 3.59. The van der Waals surface area contributed by atoms with Gasteiger partial charge in [0.05, 0.1) is 5.60 Å². The molecule has 1 heterocycles. The van der Waals surface area contributed by atoms with E-state index in [9.17, 15) is 13.9 Å². The van der Waals surface area contributed by atoms with Crippen molar-refractivity contribution in [1.82, 2.24) is 5.32 Å². The Morgan fingerprint density at radius 1 is 1.27 bits per heavy atom. The summed E-state index contributed by atoms with van der Waals surface area (Å²) >= 11 is 1.88. The fourth-order valence-electron chi connectivity index (χ4n) is 2.62. The van der Waals surface area contributed by atoms with Crippen molar-refractivity contribution in [2.45, 2.75) is 44.4 Å². The van der Waals surface area contributed by atoms with E-state index in [-0.39, 0.29) is 11.8 Å². The number of aliphatic hydroxyl groups is 1. The van der Waals surface area contributed by atoms with E-state index in [1.807, 2.05) is 11.8 Å². The molecule has 1 atom stereocenters. The first-order valence-electron chi connectivity index (χ1n) is 7.61. The maximum Gasteiger partial charge on any atom is 0.387 e. The zero-order valence-electron chi connectivity index (χ0n) is 12.7. The smallest absolute Gasteiger partial charge is 0.387 e. The second kappa shape index (κ2) is 8.13. The Balaban J connectivity index is 1.93. The summed E-state index contributed by atoms with van der Waals surface area (Å²) in [6.45, 7) is -0.187. The van der Waals surface area contributed by atoms with Crippen LogP contribution in [0.5, 0.6) is 5.75 Å². The van der Waals surface area contributed by atoms with Gasteiger partial charge in [-0.25, -0.2) is 0 Å². The molecule has 1 aliphatic heterocycles. The Morgan fingerprint density at radius 2 is 1.91 bits per heavy atom. The van der Waals surface area contributed by atoms with Gasteiger partial charge in [0.2, 0.25) is 0 Å². The molecule has 22 heavy (non-hydrogen) atoms. The van der Waals surface area contributed by atoms with Gasteiger partial charge in [0, 0.05) is 12.6 Å². The molecule has 0 aromatic heterocycles. The van der Waals surface area contributed by atoms with Gasteiger partial charge in [-0.15, -0.1) is 0 Å². The summed E-state index contributed by atoms with van der Waals surface area (Å²) in [5, 5.41) is 13.9. The van der Waals surface area contributed by atoms with Crippen molar-refractivity contribution >= 4 is 11.8 Å². The van der Waals surface area contributed by atoms with Gasteiger partial charge >= 0.3 is 6.61 Å². The normalized spacial score (nSPS) is 19.1. The molecular formula is C16H23F2NO2S. The first kappa shape index (κ1) is 17.5. The standard InChI is InChI=1S/C16H23F2NO2S/c1-2-14(19-11-16(20)7-9-22-10-8-16)12-3-5-13(6-4-12)21-15(17)18/h3-6,14-15,19-20H,2,7-11H2,1H3. The topological polar surface area (TPSA) is 41.5 Å². The quantitative estimate of drug-likeness (QED) is 0.801. The van der Waals surface area contributed by atoms with Crippen LogP contribution < -0.4 is 10.1 Å². The second-order valence-corrected chi connectivity index (χ2v) is 6.85. The number of alkyl halides is 2. The lowest BCUT2D eigenvalue weighted by Gasteiger charge is -2.33. The van der Waals surface area contributed by atoms with Crippen LogP contribution in [0.2, 0.25) is 0 Å². The van der Waals surface area contributed by atoms with Crippen molar-refractivity contribution in [2.75, 3.05) is 18.1 Å². The molecule has 0 bridgehead atoms. The molecule has 1 aromatic rings. The summed E-state index contributed by atoms with van der Waals surface area (Å²) in [7, 11) is 0. The van der Waals surface area contributed by atoms with Crippen LogP contribution in [0.25, 0.3) is 0 Å². The predicted molar refractivity (Wildman–Crippen MR) is 85.6 cm³/mol. The third kappa shape index (κ3) is 5.11. The molecule has 0 saturated carbocycles. The average molecular weight is 331 g/mol. The average Bonchev–Trinajstić information content (AvgIpc) is 2.49. The van der Waals surface area contributed by atoms with Gasteiger partial charge in [0.15, 0.2) is 0 Å². The molecular weight excluding hydrogens is 308 g/mol. The van der Waals surface area contributed by atoms with Gasteiger partial charge in [-0.3, -0.25) is 0 Å². The molecule has 0 radical (unpaired) electrons. The van der Waals surface area contributed by atoms with Gasteiger partial charge in [0.25, 0.3) is 0 Å². The Morgan fingerprint density at radius 3 is 2.45 bits per heavy atom. The molecule has 1 unspecified atom stereocenters. The summed E-state index contributed by atoms with van der Waals surface area (Å²) in [4.78, 5) is 0. The van der Waals surface area contributed by atoms with Crippen LogP contribution in [-0.4, -0.2) is 35.4 Å². The Labute approximate surface area is 134 Å². The SMILES string of the molecule is CCC(NCC1(O)CCSCC1)c1ccc(OC(F)F)cc1. The molecule has 2 N–H and O–H groups in total. The largest absolute Gasteiger partial charge is 0.435 e. The van der Waals surface area contributed by atoms with Gasteiger partial charge in [0.1, 0.15) is 5.75 Å². The zero-order chi connectivity index (χ0) is 16.0. The summed E-state index contributed by atoms with van der Waals surface area (Å²) < 4.78 is 28.7. The first-order chi connectivity index (χ1) is 10.5. The lowest BCUT2D eigenvalue weighted by molar-refractivity contribution is -0.0498. The number of ether oxygens (including phenoxy) is 1. The van der Waals surface area contributed by atoms with E-state index >= 15 is 0 Å². The van der Waals surface area contributed by atoms with E-state index in [0.717, 1.165) is 36.3 Å². The highest BCUT2D eigenvalue weighted by Gasteiger charge is 2.29. The minimum atomic E-state index is -2.80. The van der Waals surface area contributed by atoms with Crippen LogP contribution in [0.15, 0.2) is 24.3 Å². The highest BCUT2D eigenvalue weighted by atomic mass is 32.2. The molecule has 1 saturated heterocycles. The Kier molecular flexibility index (Phi) is 6.47. The minimum Gasteiger partial charge on any atom is -0.435 e. The van der Waals surface area contributed by atoms with Crippen LogP contribution in [0.4, 0.5) is 8.78 Å². The monoisotopic (exact) mass is 331 g/mol. The maximum absolute atomic E-state index is 12.2. The van der Waals surface area contributed by atoms with Crippen molar-refractivity contribution < 1.29 is 18.6 Å². The van der Waals surface area contributed by atoms with Gasteiger partial charge in [-0.2, -0.15) is 20.5 Å². The van der Waals surface area contributed by atoms with E-state index in [1.165, 1.54) is 0 Å². The zero-order valence-corrected chi connectivity index (χ0v) is 13.5. The van der Waals surface area contributed by atoms with Gasteiger partial charge in [-0.1, -0.05) is 19.1 Å². The van der Waals surface area contributed by atoms with Crippen LogP contribution in [0.1, 0.15) is 37.8 Å². The number of rotatable bonds is 7. The molecule has 1 fully saturated rings. The van der Waals surface area contributed by atoms with E-state index in [2.05, 4.69) is 17.0 Å². The number of halogens is 2.